The van der Waals surface area contributed by atoms with Gasteiger partial charge in [-0.05, 0) is 39.3 Å². The Morgan fingerprint density at radius 1 is 1.25 bits per heavy atom. The number of benzene rings is 1. The van der Waals surface area contributed by atoms with Gasteiger partial charge >= 0.3 is 0 Å². The lowest BCUT2D eigenvalue weighted by atomic mass is 10.1. The van der Waals surface area contributed by atoms with Crippen molar-refractivity contribution in [2.75, 3.05) is 13.1 Å². The lowest BCUT2D eigenvalue weighted by Crippen LogP contribution is -2.47. The van der Waals surface area contributed by atoms with Crippen molar-refractivity contribution in [3.8, 4) is 0 Å². The first-order valence-electron chi connectivity index (χ1n) is 7.33. The van der Waals surface area contributed by atoms with Crippen LogP contribution in [0.1, 0.15) is 32.8 Å². The molecule has 0 aromatic heterocycles. The molecule has 112 valence electrons. The molecule has 20 heavy (non-hydrogen) atoms. The number of carbonyl (C=O) groups excluding carboxylic acids is 1. The second-order valence-corrected chi connectivity index (χ2v) is 5.44. The Labute approximate surface area is 122 Å². The molecule has 4 heteroatoms. The average molecular weight is 277 g/mol. The van der Waals surface area contributed by atoms with E-state index in [4.69, 9.17) is 5.73 Å². The second-order valence-electron chi connectivity index (χ2n) is 5.44. The molecule has 1 atom stereocenters. The van der Waals surface area contributed by atoms with Crippen molar-refractivity contribution in [2.45, 2.75) is 45.8 Å². The number of nitrogens with one attached hydrogen (secondary N) is 1. The summed E-state index contributed by atoms with van der Waals surface area (Å²) in [7, 11) is 0. The van der Waals surface area contributed by atoms with Crippen molar-refractivity contribution in [3.05, 3.63) is 35.9 Å². The van der Waals surface area contributed by atoms with Crippen molar-refractivity contribution in [2.24, 2.45) is 5.73 Å². The number of amides is 1. The Morgan fingerprint density at radius 3 is 2.45 bits per heavy atom. The van der Waals surface area contributed by atoms with E-state index in [0.717, 1.165) is 19.5 Å². The minimum Gasteiger partial charge on any atom is -0.353 e. The normalized spacial score (nSPS) is 12.7. The summed E-state index contributed by atoms with van der Waals surface area (Å²) in [5.74, 6) is 0.0768. The van der Waals surface area contributed by atoms with Gasteiger partial charge in [0.1, 0.15) is 0 Å². The standard InChI is InChI=1S/C16H27N3O/c1-13(2)18-16(20)14(3)19(11-7-10-17)12-15-8-5-4-6-9-15/h4-6,8-9,13-14H,7,10-12,17H2,1-3H3,(H,18,20). The number of rotatable bonds is 8. The predicted molar refractivity (Wildman–Crippen MR) is 83.3 cm³/mol. The largest absolute Gasteiger partial charge is 0.353 e. The number of hydrogen-bond donors (Lipinski definition) is 2. The van der Waals surface area contributed by atoms with Crippen molar-refractivity contribution < 1.29 is 4.79 Å². The summed E-state index contributed by atoms with van der Waals surface area (Å²) in [6.45, 7) is 8.16. The molecule has 1 amide bonds. The highest BCUT2D eigenvalue weighted by atomic mass is 16.2. The fourth-order valence-corrected chi connectivity index (χ4v) is 2.09. The molecule has 0 saturated heterocycles. The Balaban J connectivity index is 2.69. The smallest absolute Gasteiger partial charge is 0.237 e. The van der Waals surface area contributed by atoms with Crippen LogP contribution in [0.25, 0.3) is 0 Å². The second kappa shape index (κ2) is 8.72. The van der Waals surface area contributed by atoms with Crippen LogP contribution in [-0.2, 0) is 11.3 Å². The van der Waals surface area contributed by atoms with Crippen molar-refractivity contribution in [3.63, 3.8) is 0 Å². The summed E-state index contributed by atoms with van der Waals surface area (Å²) < 4.78 is 0. The molecule has 1 rings (SSSR count). The summed E-state index contributed by atoms with van der Waals surface area (Å²) in [5.41, 5.74) is 6.82. The molecule has 0 spiro atoms. The Bertz CT molecular complexity index is 392. The molecule has 0 heterocycles. The summed E-state index contributed by atoms with van der Waals surface area (Å²) in [5, 5.41) is 2.97. The maximum Gasteiger partial charge on any atom is 0.237 e. The van der Waals surface area contributed by atoms with E-state index in [1.807, 2.05) is 39.0 Å². The van der Waals surface area contributed by atoms with Gasteiger partial charge in [-0.15, -0.1) is 0 Å². The van der Waals surface area contributed by atoms with Gasteiger partial charge in [0.25, 0.3) is 0 Å². The van der Waals surface area contributed by atoms with Crippen LogP contribution in [0.15, 0.2) is 30.3 Å². The van der Waals surface area contributed by atoms with Crippen LogP contribution in [0.5, 0.6) is 0 Å². The van der Waals surface area contributed by atoms with Crippen LogP contribution in [0.2, 0.25) is 0 Å². The average Bonchev–Trinajstić information content (AvgIpc) is 2.43. The summed E-state index contributed by atoms with van der Waals surface area (Å²) in [6.07, 6.45) is 0.895. The third-order valence-corrected chi connectivity index (χ3v) is 3.24. The highest BCUT2D eigenvalue weighted by molar-refractivity contribution is 5.81. The van der Waals surface area contributed by atoms with Crippen LogP contribution in [-0.4, -0.2) is 36.0 Å². The lowest BCUT2D eigenvalue weighted by Gasteiger charge is -2.29. The zero-order valence-electron chi connectivity index (χ0n) is 12.8. The van der Waals surface area contributed by atoms with Crippen LogP contribution < -0.4 is 11.1 Å². The highest BCUT2D eigenvalue weighted by Gasteiger charge is 2.21. The van der Waals surface area contributed by atoms with E-state index in [9.17, 15) is 4.79 Å². The van der Waals surface area contributed by atoms with E-state index in [1.165, 1.54) is 5.56 Å². The fraction of sp³-hybridized carbons (Fsp3) is 0.562. The minimum atomic E-state index is -0.149. The van der Waals surface area contributed by atoms with Gasteiger partial charge in [-0.1, -0.05) is 30.3 Å². The first-order valence-corrected chi connectivity index (χ1v) is 7.33. The third kappa shape index (κ3) is 5.72. The van der Waals surface area contributed by atoms with E-state index in [1.54, 1.807) is 0 Å². The zero-order chi connectivity index (χ0) is 15.0. The van der Waals surface area contributed by atoms with Crippen LogP contribution in [0.4, 0.5) is 0 Å². The molecule has 0 aliphatic rings. The first-order chi connectivity index (χ1) is 9.54. The monoisotopic (exact) mass is 277 g/mol. The fourth-order valence-electron chi connectivity index (χ4n) is 2.09. The van der Waals surface area contributed by atoms with Gasteiger partial charge in [0, 0.05) is 19.1 Å². The molecule has 1 unspecified atom stereocenters. The highest BCUT2D eigenvalue weighted by Crippen LogP contribution is 2.09. The van der Waals surface area contributed by atoms with E-state index in [0.29, 0.717) is 6.54 Å². The van der Waals surface area contributed by atoms with Gasteiger partial charge < -0.3 is 11.1 Å². The molecule has 0 aliphatic carbocycles. The number of hydrogen-bond acceptors (Lipinski definition) is 3. The van der Waals surface area contributed by atoms with Gasteiger partial charge in [-0.25, -0.2) is 0 Å². The lowest BCUT2D eigenvalue weighted by molar-refractivity contribution is -0.126. The van der Waals surface area contributed by atoms with E-state index < -0.39 is 0 Å². The van der Waals surface area contributed by atoms with Gasteiger partial charge in [-0.2, -0.15) is 0 Å². The quantitative estimate of drug-likeness (QED) is 0.761. The minimum absolute atomic E-state index is 0.0768. The topological polar surface area (TPSA) is 58.4 Å². The van der Waals surface area contributed by atoms with Gasteiger partial charge in [0.2, 0.25) is 5.91 Å². The van der Waals surface area contributed by atoms with Gasteiger partial charge in [0.05, 0.1) is 6.04 Å². The molecule has 0 aliphatic heterocycles. The van der Waals surface area contributed by atoms with Crippen LogP contribution in [0, 0.1) is 0 Å². The molecule has 0 fully saturated rings. The van der Waals surface area contributed by atoms with Crippen molar-refractivity contribution in [1.29, 1.82) is 0 Å². The molecule has 0 bridgehead atoms. The summed E-state index contributed by atoms with van der Waals surface area (Å²) in [4.78, 5) is 14.3. The molecule has 1 aromatic rings. The van der Waals surface area contributed by atoms with Crippen molar-refractivity contribution >= 4 is 5.91 Å². The van der Waals surface area contributed by atoms with E-state index in [2.05, 4.69) is 22.3 Å². The summed E-state index contributed by atoms with van der Waals surface area (Å²) >= 11 is 0. The number of carbonyl (C=O) groups is 1. The Hall–Kier alpha value is -1.39. The maximum absolute atomic E-state index is 12.2. The zero-order valence-corrected chi connectivity index (χ0v) is 12.8. The maximum atomic E-state index is 12.2. The molecule has 3 N–H and O–H groups in total. The SMILES string of the molecule is CC(C)NC(=O)C(C)N(CCCN)Cc1ccccc1. The summed E-state index contributed by atoms with van der Waals surface area (Å²) in [6, 6.07) is 10.2. The van der Waals surface area contributed by atoms with Gasteiger partial charge in [0.15, 0.2) is 0 Å². The molecule has 4 nitrogen and oxygen atoms in total. The number of nitrogens with two attached hydrogens (primary N) is 1. The molecular formula is C16H27N3O. The Kier molecular flexibility index (Phi) is 7.26. The third-order valence-electron chi connectivity index (χ3n) is 3.24. The van der Waals surface area contributed by atoms with E-state index >= 15 is 0 Å². The van der Waals surface area contributed by atoms with E-state index in [-0.39, 0.29) is 18.0 Å². The Morgan fingerprint density at radius 2 is 1.90 bits per heavy atom. The molecule has 1 aromatic carbocycles. The van der Waals surface area contributed by atoms with Crippen LogP contribution >= 0.6 is 0 Å². The van der Waals surface area contributed by atoms with Gasteiger partial charge in [-0.3, -0.25) is 9.69 Å². The molecule has 0 saturated carbocycles. The molecular weight excluding hydrogens is 250 g/mol. The molecule has 0 radical (unpaired) electrons. The van der Waals surface area contributed by atoms with Crippen LogP contribution in [0.3, 0.4) is 0 Å². The number of nitrogens with zero attached hydrogens (tertiary/aromatic N) is 1. The predicted octanol–water partition coefficient (Wildman–Crippen LogP) is 1.75. The first kappa shape index (κ1) is 16.7. The van der Waals surface area contributed by atoms with Crippen molar-refractivity contribution in [1.82, 2.24) is 10.2 Å².